The van der Waals surface area contributed by atoms with Gasteiger partial charge in [-0.3, -0.25) is 4.79 Å². The lowest BCUT2D eigenvalue weighted by Gasteiger charge is -2.31. The molecular formula is C19H27N4O+. The number of hydrogen-bond donors (Lipinski definition) is 1. The Morgan fingerprint density at radius 3 is 2.46 bits per heavy atom. The lowest BCUT2D eigenvalue weighted by atomic mass is 10.1. The number of carbonyl (C=O) groups is 1. The van der Waals surface area contributed by atoms with Gasteiger partial charge < -0.3 is 9.80 Å². The second-order valence-corrected chi connectivity index (χ2v) is 6.64. The summed E-state index contributed by atoms with van der Waals surface area (Å²) >= 11 is 0. The van der Waals surface area contributed by atoms with Gasteiger partial charge in [0, 0.05) is 0 Å². The van der Waals surface area contributed by atoms with Crippen LogP contribution in [0.1, 0.15) is 34.2 Å². The topological polar surface area (TPSA) is 42.6 Å². The normalized spacial score (nSPS) is 15.8. The van der Waals surface area contributed by atoms with E-state index in [-0.39, 0.29) is 5.91 Å². The summed E-state index contributed by atoms with van der Waals surface area (Å²) < 4.78 is 1.91. The summed E-state index contributed by atoms with van der Waals surface area (Å²) in [6.07, 6.45) is 0. The van der Waals surface area contributed by atoms with Crippen LogP contribution in [0.2, 0.25) is 0 Å². The number of benzene rings is 1. The molecule has 1 amide bonds. The number of aryl methyl sites for hydroxylation is 2. The van der Waals surface area contributed by atoms with Crippen LogP contribution in [0.25, 0.3) is 5.69 Å². The lowest BCUT2D eigenvalue weighted by molar-refractivity contribution is -0.902. The fourth-order valence-corrected chi connectivity index (χ4v) is 3.53. The number of nitrogens with one attached hydrogen (secondary N) is 1. The first-order chi connectivity index (χ1) is 11.5. The van der Waals surface area contributed by atoms with Crippen molar-refractivity contribution in [2.24, 2.45) is 0 Å². The van der Waals surface area contributed by atoms with Crippen molar-refractivity contribution in [3.8, 4) is 5.69 Å². The van der Waals surface area contributed by atoms with Crippen LogP contribution in [0.15, 0.2) is 24.3 Å². The molecule has 2 aromatic rings. The Morgan fingerprint density at radius 2 is 1.83 bits per heavy atom. The molecule has 1 aromatic carbocycles. The Balaban J connectivity index is 1.90. The molecule has 5 heteroatoms. The third kappa shape index (κ3) is 2.96. The van der Waals surface area contributed by atoms with Crippen LogP contribution in [0.4, 0.5) is 0 Å². The summed E-state index contributed by atoms with van der Waals surface area (Å²) in [5, 5.41) is 4.65. The molecule has 2 heterocycles. The van der Waals surface area contributed by atoms with Gasteiger partial charge in [-0.1, -0.05) is 18.2 Å². The van der Waals surface area contributed by atoms with Crippen LogP contribution < -0.4 is 4.90 Å². The maximum absolute atomic E-state index is 13.0. The summed E-state index contributed by atoms with van der Waals surface area (Å²) in [5.41, 5.74) is 4.70. The van der Waals surface area contributed by atoms with E-state index in [4.69, 9.17) is 0 Å². The number of amides is 1. The number of nitrogens with zero attached hydrogens (tertiary/aromatic N) is 3. The van der Waals surface area contributed by atoms with Crippen molar-refractivity contribution < 1.29 is 9.69 Å². The van der Waals surface area contributed by atoms with Crippen LogP contribution in [0.5, 0.6) is 0 Å². The average molecular weight is 327 g/mol. The number of aromatic nitrogens is 2. The van der Waals surface area contributed by atoms with Gasteiger partial charge in [0.15, 0.2) is 0 Å². The molecule has 0 aliphatic carbocycles. The van der Waals surface area contributed by atoms with E-state index in [1.807, 2.05) is 41.6 Å². The van der Waals surface area contributed by atoms with Crippen molar-refractivity contribution in [3.63, 3.8) is 0 Å². The number of quaternary nitrogens is 1. The largest absolute Gasteiger partial charge is 0.332 e. The molecule has 0 atom stereocenters. The zero-order valence-corrected chi connectivity index (χ0v) is 15.1. The van der Waals surface area contributed by atoms with Crippen molar-refractivity contribution in [1.82, 2.24) is 14.7 Å². The Morgan fingerprint density at radius 1 is 1.17 bits per heavy atom. The van der Waals surface area contributed by atoms with Crippen molar-refractivity contribution >= 4 is 5.91 Å². The minimum atomic E-state index is 0.125. The monoisotopic (exact) mass is 327 g/mol. The second-order valence-electron chi connectivity index (χ2n) is 6.64. The molecule has 3 rings (SSSR count). The molecule has 5 nitrogen and oxygen atoms in total. The Hall–Kier alpha value is -2.14. The number of piperazine rings is 1. The summed E-state index contributed by atoms with van der Waals surface area (Å²) in [6, 6.07) is 8.14. The summed E-state index contributed by atoms with van der Waals surface area (Å²) in [5.74, 6) is 0.125. The Kier molecular flexibility index (Phi) is 4.71. The molecule has 0 unspecified atom stereocenters. The zero-order valence-electron chi connectivity index (χ0n) is 15.1. The predicted octanol–water partition coefficient (Wildman–Crippen LogP) is 1.16. The molecule has 0 bridgehead atoms. The Labute approximate surface area is 143 Å². The first-order valence-corrected chi connectivity index (χ1v) is 8.78. The van der Waals surface area contributed by atoms with E-state index >= 15 is 0 Å². The molecule has 1 saturated heterocycles. The SMILES string of the molecule is CC[NH+]1CCN(C(=O)c2c(C)nn(-c3ccccc3C)c2C)CC1. The molecular weight excluding hydrogens is 300 g/mol. The maximum Gasteiger partial charge on any atom is 0.258 e. The first kappa shape index (κ1) is 16.7. The van der Waals surface area contributed by atoms with Crippen LogP contribution in [0.3, 0.4) is 0 Å². The van der Waals surface area contributed by atoms with Gasteiger partial charge in [0.25, 0.3) is 5.91 Å². The quantitative estimate of drug-likeness (QED) is 0.919. The van der Waals surface area contributed by atoms with Crippen molar-refractivity contribution in [2.75, 3.05) is 32.7 Å². The van der Waals surface area contributed by atoms with Gasteiger partial charge in [-0.2, -0.15) is 5.10 Å². The minimum absolute atomic E-state index is 0.125. The highest BCUT2D eigenvalue weighted by Crippen LogP contribution is 2.21. The molecule has 1 fully saturated rings. The molecule has 1 aliphatic rings. The summed E-state index contributed by atoms with van der Waals surface area (Å²) in [7, 11) is 0. The molecule has 1 N–H and O–H groups in total. The van der Waals surface area contributed by atoms with E-state index in [0.29, 0.717) is 0 Å². The number of likely N-dealkylation sites (N-methyl/N-ethyl adjacent to an activating group) is 1. The predicted molar refractivity (Wildman–Crippen MR) is 94.9 cm³/mol. The van der Waals surface area contributed by atoms with Crippen molar-refractivity contribution in [2.45, 2.75) is 27.7 Å². The lowest BCUT2D eigenvalue weighted by Crippen LogP contribution is -3.14. The van der Waals surface area contributed by atoms with E-state index < -0.39 is 0 Å². The third-order valence-corrected chi connectivity index (χ3v) is 5.11. The zero-order chi connectivity index (χ0) is 17.3. The highest BCUT2D eigenvalue weighted by atomic mass is 16.2. The van der Waals surface area contributed by atoms with Crippen LogP contribution >= 0.6 is 0 Å². The van der Waals surface area contributed by atoms with E-state index in [1.165, 1.54) is 0 Å². The van der Waals surface area contributed by atoms with Crippen LogP contribution in [-0.4, -0.2) is 53.3 Å². The fraction of sp³-hybridized carbons (Fsp3) is 0.474. The van der Waals surface area contributed by atoms with Gasteiger partial charge in [0.1, 0.15) is 0 Å². The molecule has 1 aromatic heterocycles. The maximum atomic E-state index is 13.0. The number of para-hydroxylation sites is 1. The first-order valence-electron chi connectivity index (χ1n) is 8.78. The van der Waals surface area contributed by atoms with Crippen LogP contribution in [-0.2, 0) is 0 Å². The van der Waals surface area contributed by atoms with E-state index in [9.17, 15) is 4.79 Å². The molecule has 1 aliphatic heterocycles. The number of rotatable bonds is 3. The number of carbonyl (C=O) groups excluding carboxylic acids is 1. The molecule has 128 valence electrons. The summed E-state index contributed by atoms with van der Waals surface area (Å²) in [6.45, 7) is 13.1. The molecule has 0 spiro atoms. The fourth-order valence-electron chi connectivity index (χ4n) is 3.53. The number of hydrogen-bond acceptors (Lipinski definition) is 2. The van der Waals surface area contributed by atoms with E-state index in [2.05, 4.69) is 25.0 Å². The van der Waals surface area contributed by atoms with Gasteiger partial charge >= 0.3 is 0 Å². The van der Waals surface area contributed by atoms with Gasteiger partial charge in [0.05, 0.1) is 55.4 Å². The van der Waals surface area contributed by atoms with Crippen molar-refractivity contribution in [3.05, 3.63) is 46.8 Å². The second kappa shape index (κ2) is 6.77. The standard InChI is InChI=1S/C19H26N4O/c1-5-21-10-12-22(13-11-21)19(24)18-15(3)20-23(16(18)4)17-9-7-6-8-14(17)2/h6-9H,5,10-13H2,1-4H3/p+1. The van der Waals surface area contributed by atoms with Gasteiger partial charge in [-0.25, -0.2) is 4.68 Å². The van der Waals surface area contributed by atoms with Gasteiger partial charge in [0.2, 0.25) is 0 Å². The smallest absolute Gasteiger partial charge is 0.258 e. The Bertz CT molecular complexity index is 742. The van der Waals surface area contributed by atoms with Crippen LogP contribution in [0, 0.1) is 20.8 Å². The third-order valence-electron chi connectivity index (χ3n) is 5.11. The summed E-state index contributed by atoms with van der Waals surface area (Å²) in [4.78, 5) is 16.6. The van der Waals surface area contributed by atoms with Gasteiger partial charge in [-0.15, -0.1) is 0 Å². The molecule has 0 saturated carbocycles. The van der Waals surface area contributed by atoms with Crippen molar-refractivity contribution in [1.29, 1.82) is 0 Å². The van der Waals surface area contributed by atoms with E-state index in [1.54, 1.807) is 4.90 Å². The minimum Gasteiger partial charge on any atom is -0.332 e. The average Bonchev–Trinajstić information content (AvgIpc) is 2.89. The van der Waals surface area contributed by atoms with Gasteiger partial charge in [-0.05, 0) is 39.3 Å². The highest BCUT2D eigenvalue weighted by molar-refractivity contribution is 5.96. The molecule has 0 radical (unpaired) electrons. The van der Waals surface area contributed by atoms with E-state index in [0.717, 1.165) is 60.9 Å². The molecule has 24 heavy (non-hydrogen) atoms. The highest BCUT2D eigenvalue weighted by Gasteiger charge is 2.28.